The van der Waals surface area contributed by atoms with Crippen LogP contribution in [0, 0.1) is 5.41 Å². The minimum absolute atomic E-state index is 0.131. The first kappa shape index (κ1) is 29.0. The number of ether oxygens (including phenoxy) is 1. The zero-order chi connectivity index (χ0) is 29.1. The fourth-order valence-corrected chi connectivity index (χ4v) is 6.22. The molecule has 0 unspecified atom stereocenters. The number of carbonyl (C=O) groups excluding carboxylic acids is 1. The fraction of sp³-hybridized carbons (Fsp3) is 0.435. The molecule has 2 bridgehead atoms. The summed E-state index contributed by atoms with van der Waals surface area (Å²) in [6.07, 6.45) is -9.41. The lowest BCUT2D eigenvalue weighted by Crippen LogP contribution is -2.78. The van der Waals surface area contributed by atoms with Crippen molar-refractivity contribution in [3.8, 4) is 5.75 Å². The van der Waals surface area contributed by atoms with Gasteiger partial charge in [-0.3, -0.25) is 9.52 Å². The van der Waals surface area contributed by atoms with Crippen LogP contribution < -0.4 is 14.8 Å². The van der Waals surface area contributed by atoms with E-state index in [1.807, 2.05) is 4.72 Å². The van der Waals surface area contributed by atoms with Gasteiger partial charge in [0.1, 0.15) is 12.4 Å². The molecule has 16 heteroatoms. The molecule has 0 aliphatic heterocycles. The monoisotopic (exact) mass is 600 g/mol. The Morgan fingerprint density at radius 3 is 2.05 bits per heavy atom. The van der Waals surface area contributed by atoms with Gasteiger partial charge in [-0.15, -0.1) is 0 Å². The van der Waals surface area contributed by atoms with E-state index in [9.17, 15) is 48.0 Å². The second-order valence-corrected chi connectivity index (χ2v) is 13.8. The van der Waals surface area contributed by atoms with Gasteiger partial charge in [-0.25, -0.2) is 16.8 Å². The molecule has 3 saturated carbocycles. The van der Waals surface area contributed by atoms with E-state index in [0.717, 1.165) is 24.5 Å². The average Bonchev–Trinajstić information content (AvgIpc) is 2.72. The summed E-state index contributed by atoms with van der Waals surface area (Å²) in [7, 11) is -7.84. The number of rotatable bonds is 9. The maximum Gasteiger partial charge on any atom is 0.416 e. The maximum absolute atomic E-state index is 13.3. The molecule has 39 heavy (non-hydrogen) atoms. The van der Waals surface area contributed by atoms with Gasteiger partial charge in [0.2, 0.25) is 0 Å². The molecule has 8 nitrogen and oxygen atoms in total. The van der Waals surface area contributed by atoms with Crippen LogP contribution in [0.4, 0.5) is 32.0 Å². The first-order valence-corrected chi connectivity index (χ1v) is 14.8. The Morgan fingerprint density at radius 1 is 0.949 bits per heavy atom. The van der Waals surface area contributed by atoms with Crippen molar-refractivity contribution in [3.63, 3.8) is 0 Å². The highest BCUT2D eigenvalue weighted by atomic mass is 32.2. The smallest absolute Gasteiger partial charge is 0.416 e. The van der Waals surface area contributed by atoms with Crippen molar-refractivity contribution >= 4 is 31.5 Å². The molecule has 3 aliphatic carbocycles. The lowest BCUT2D eigenvalue weighted by molar-refractivity contribution is -0.336. The number of sulfonamides is 1. The van der Waals surface area contributed by atoms with Gasteiger partial charge < -0.3 is 10.1 Å². The Labute approximate surface area is 219 Å². The molecule has 3 aliphatic rings. The molecule has 3 fully saturated rings. The molecular weight excluding hydrogens is 578 g/mol. The highest BCUT2D eigenvalue weighted by Crippen LogP contribution is 2.73. The number of carbonyl (C=O) groups is 1. The molecule has 0 radical (unpaired) electrons. The van der Waals surface area contributed by atoms with Crippen LogP contribution in [-0.4, -0.2) is 53.1 Å². The van der Waals surface area contributed by atoms with E-state index >= 15 is 0 Å². The number of halogens is 6. The molecule has 0 saturated heterocycles. The zero-order valence-electron chi connectivity index (χ0n) is 20.1. The van der Waals surface area contributed by atoms with Crippen LogP contribution in [0.3, 0.4) is 0 Å². The summed E-state index contributed by atoms with van der Waals surface area (Å²) in [5.74, 6) is -1.17. The second-order valence-electron chi connectivity index (χ2n) is 9.86. The number of amides is 1. The minimum Gasteiger partial charge on any atom is -0.493 e. The summed E-state index contributed by atoms with van der Waals surface area (Å²) in [6, 6.07) is 6.27. The molecule has 214 valence electrons. The van der Waals surface area contributed by atoms with Crippen LogP contribution in [0.5, 0.6) is 5.75 Å². The molecule has 0 heterocycles. The first-order valence-electron chi connectivity index (χ1n) is 11.3. The second kappa shape index (κ2) is 9.28. The molecule has 2 aromatic rings. The van der Waals surface area contributed by atoms with Gasteiger partial charge in [0.05, 0.1) is 32.9 Å². The van der Waals surface area contributed by atoms with E-state index < -0.39 is 70.8 Å². The molecule has 0 atom stereocenters. The molecule has 2 aromatic carbocycles. The van der Waals surface area contributed by atoms with E-state index in [4.69, 9.17) is 4.74 Å². The van der Waals surface area contributed by atoms with Crippen molar-refractivity contribution in [1.29, 1.82) is 0 Å². The lowest BCUT2D eigenvalue weighted by Gasteiger charge is -2.70. The number of anilines is 1. The molecule has 0 spiro atoms. The topological polar surface area (TPSA) is 119 Å². The summed E-state index contributed by atoms with van der Waals surface area (Å²) in [6.45, 7) is -0.197. The fourth-order valence-electron chi connectivity index (χ4n) is 4.76. The largest absolute Gasteiger partial charge is 0.493 e. The zero-order valence-corrected chi connectivity index (χ0v) is 21.7. The molecular formula is C23H22F6N2O6S2. The Morgan fingerprint density at radius 2 is 1.54 bits per heavy atom. The normalized spacial score (nSPS) is 22.8. The van der Waals surface area contributed by atoms with Crippen LogP contribution in [-0.2, 0) is 26.0 Å². The van der Waals surface area contributed by atoms with Crippen LogP contribution in [0.2, 0.25) is 0 Å². The highest BCUT2D eigenvalue weighted by molar-refractivity contribution is 7.92. The number of nitrogens with one attached hydrogen (secondary N) is 2. The molecule has 2 N–H and O–H groups in total. The van der Waals surface area contributed by atoms with Crippen LogP contribution in [0.15, 0.2) is 47.4 Å². The number of benzene rings is 2. The van der Waals surface area contributed by atoms with E-state index in [2.05, 4.69) is 5.32 Å². The Kier molecular flexibility index (Phi) is 6.90. The van der Waals surface area contributed by atoms with Crippen molar-refractivity contribution in [1.82, 2.24) is 5.32 Å². The van der Waals surface area contributed by atoms with Crippen molar-refractivity contribution in [2.45, 2.75) is 42.0 Å². The van der Waals surface area contributed by atoms with E-state index in [1.165, 1.54) is 12.1 Å². The third kappa shape index (κ3) is 5.95. The SMILES string of the molecule is CS(=O)(=O)CCOc1ccc(S(=O)(=O)Nc2cc(C(F)(F)F)ccc2C(=O)NC23CC(C(F)(F)F)(C2)C3)cc1. The van der Waals surface area contributed by atoms with Gasteiger partial charge in [-0.2, -0.15) is 26.3 Å². The summed E-state index contributed by atoms with van der Waals surface area (Å²) in [5.41, 5.74) is -5.51. The number of hydrogen-bond acceptors (Lipinski definition) is 6. The summed E-state index contributed by atoms with van der Waals surface area (Å²) in [5, 5.41) is 2.42. The van der Waals surface area contributed by atoms with Crippen LogP contribution in [0.1, 0.15) is 35.2 Å². The molecule has 1 amide bonds. The predicted molar refractivity (Wildman–Crippen MR) is 126 cm³/mol. The van der Waals surface area contributed by atoms with E-state index in [-0.39, 0.29) is 37.4 Å². The van der Waals surface area contributed by atoms with Gasteiger partial charge in [0, 0.05) is 11.8 Å². The van der Waals surface area contributed by atoms with E-state index in [1.54, 1.807) is 0 Å². The van der Waals surface area contributed by atoms with Crippen molar-refractivity contribution in [2.75, 3.05) is 23.3 Å². The number of alkyl halides is 6. The van der Waals surface area contributed by atoms with Gasteiger partial charge >= 0.3 is 12.4 Å². The van der Waals surface area contributed by atoms with Gasteiger partial charge in [-0.05, 0) is 61.7 Å². The van der Waals surface area contributed by atoms with E-state index in [0.29, 0.717) is 12.1 Å². The van der Waals surface area contributed by atoms with Crippen molar-refractivity contribution in [2.24, 2.45) is 5.41 Å². The van der Waals surface area contributed by atoms with Crippen LogP contribution in [0.25, 0.3) is 0 Å². The van der Waals surface area contributed by atoms with Crippen molar-refractivity contribution < 1.29 is 52.7 Å². The Balaban J connectivity index is 1.54. The predicted octanol–water partition coefficient (Wildman–Crippen LogP) is 4.14. The summed E-state index contributed by atoms with van der Waals surface area (Å²) < 4.78 is 135. The van der Waals surface area contributed by atoms with Crippen molar-refractivity contribution in [3.05, 3.63) is 53.6 Å². The number of sulfone groups is 1. The average molecular weight is 601 g/mol. The quantitative estimate of drug-likeness (QED) is 0.418. The first-order chi connectivity index (χ1) is 17.7. The van der Waals surface area contributed by atoms with Gasteiger partial charge in [0.25, 0.3) is 15.9 Å². The Hall–Kier alpha value is -3.01. The molecule has 5 rings (SSSR count). The molecule has 0 aromatic heterocycles. The minimum atomic E-state index is -4.88. The number of hydrogen-bond donors (Lipinski definition) is 2. The highest BCUT2D eigenvalue weighted by Gasteiger charge is 2.79. The third-order valence-corrected chi connectivity index (χ3v) is 8.99. The standard InChI is InChI=1S/C23H22F6N2O6S2/c1-38(33,34)9-8-37-15-3-5-16(6-4-15)39(35,36)31-18-10-14(22(24,25)26)2-7-17(18)19(32)30-21-11-20(12-21,13-21)23(27,28)29/h2-7,10,31H,8-9,11-13H2,1H3,(H,30,32). The third-order valence-electron chi connectivity index (χ3n) is 6.70. The Bertz CT molecular complexity index is 1480. The summed E-state index contributed by atoms with van der Waals surface area (Å²) in [4.78, 5) is 12.5. The lowest BCUT2D eigenvalue weighted by atomic mass is 9.39. The van der Waals surface area contributed by atoms with Crippen LogP contribution >= 0.6 is 0 Å². The maximum atomic E-state index is 13.3. The van der Waals surface area contributed by atoms with Gasteiger partial charge in [-0.1, -0.05) is 0 Å². The van der Waals surface area contributed by atoms with Gasteiger partial charge in [0.15, 0.2) is 9.84 Å². The summed E-state index contributed by atoms with van der Waals surface area (Å²) >= 11 is 0.